The summed E-state index contributed by atoms with van der Waals surface area (Å²) in [6, 6.07) is 8.14. The topological polar surface area (TPSA) is 87.2 Å². The van der Waals surface area contributed by atoms with Gasteiger partial charge in [-0.05, 0) is 12.0 Å². The van der Waals surface area contributed by atoms with E-state index in [0.717, 1.165) is 10.5 Å². The van der Waals surface area contributed by atoms with Crippen molar-refractivity contribution in [1.29, 1.82) is 0 Å². The predicted molar refractivity (Wildman–Crippen MR) is 91.9 cm³/mol. The van der Waals surface area contributed by atoms with Crippen molar-refractivity contribution in [1.82, 2.24) is 9.80 Å². The van der Waals surface area contributed by atoms with Gasteiger partial charge in [-0.3, -0.25) is 14.5 Å². The molecule has 8 heteroatoms. The van der Waals surface area contributed by atoms with Gasteiger partial charge in [0.15, 0.2) is 0 Å². The van der Waals surface area contributed by atoms with E-state index in [1.807, 2.05) is 30.3 Å². The Morgan fingerprint density at radius 3 is 2.25 bits per heavy atom. The quantitative estimate of drug-likeness (QED) is 0.725. The standard InChI is InChI=1S/C16H22N2O5S/c1-17(2)14(19)12(9-13(24)15(20)21)18(3)16(22)23-10-11-7-5-4-6-8-11/h4-8,12-13,24H,9-10H2,1-3H3,(H,20,21). The minimum Gasteiger partial charge on any atom is -0.480 e. The van der Waals surface area contributed by atoms with Crippen molar-refractivity contribution >= 4 is 30.6 Å². The maximum Gasteiger partial charge on any atom is 0.410 e. The summed E-state index contributed by atoms with van der Waals surface area (Å²) in [5.74, 6) is -1.55. The lowest BCUT2D eigenvalue weighted by Crippen LogP contribution is -2.49. The van der Waals surface area contributed by atoms with E-state index in [4.69, 9.17) is 9.84 Å². The first-order chi connectivity index (χ1) is 11.2. The number of carbonyl (C=O) groups is 3. The second-order valence-corrected chi connectivity index (χ2v) is 6.11. The molecule has 0 fully saturated rings. The third-order valence-corrected chi connectivity index (χ3v) is 3.85. The number of amides is 2. The Bertz CT molecular complexity index is 579. The molecular weight excluding hydrogens is 332 g/mol. The number of hydrogen-bond donors (Lipinski definition) is 2. The maximum atomic E-state index is 12.3. The van der Waals surface area contributed by atoms with Crippen LogP contribution in [0, 0.1) is 0 Å². The van der Waals surface area contributed by atoms with Crippen molar-refractivity contribution in [2.24, 2.45) is 0 Å². The summed E-state index contributed by atoms with van der Waals surface area (Å²) in [6.07, 6.45) is -0.822. The molecule has 2 unspecified atom stereocenters. The summed E-state index contributed by atoms with van der Waals surface area (Å²) in [4.78, 5) is 37.9. The first kappa shape index (κ1) is 19.8. The molecule has 0 aliphatic carbocycles. The second kappa shape index (κ2) is 9.17. The molecule has 132 valence electrons. The molecule has 2 atom stereocenters. The number of ether oxygens (including phenoxy) is 1. The highest BCUT2D eigenvalue weighted by atomic mass is 32.1. The van der Waals surface area contributed by atoms with Gasteiger partial charge in [-0.1, -0.05) is 30.3 Å². The molecule has 7 nitrogen and oxygen atoms in total. The van der Waals surface area contributed by atoms with Crippen LogP contribution >= 0.6 is 12.6 Å². The average Bonchev–Trinajstić information content (AvgIpc) is 2.56. The van der Waals surface area contributed by atoms with Gasteiger partial charge < -0.3 is 14.7 Å². The molecule has 1 aromatic carbocycles. The predicted octanol–water partition coefficient (Wildman–Crippen LogP) is 1.48. The minimum absolute atomic E-state index is 0.0656. The van der Waals surface area contributed by atoms with E-state index in [2.05, 4.69) is 12.6 Å². The number of carboxylic acid groups (broad SMARTS) is 1. The van der Waals surface area contributed by atoms with Crippen LogP contribution in [0.4, 0.5) is 4.79 Å². The molecular formula is C16H22N2O5S. The fourth-order valence-electron chi connectivity index (χ4n) is 1.98. The lowest BCUT2D eigenvalue weighted by atomic mass is 10.1. The van der Waals surface area contributed by atoms with E-state index < -0.39 is 29.3 Å². The summed E-state index contributed by atoms with van der Waals surface area (Å²) in [5.41, 5.74) is 0.812. The fourth-order valence-corrected chi connectivity index (χ4v) is 2.18. The van der Waals surface area contributed by atoms with E-state index in [1.165, 1.54) is 26.0 Å². The first-order valence-electron chi connectivity index (χ1n) is 7.29. The Balaban J connectivity index is 2.77. The zero-order chi connectivity index (χ0) is 18.3. The van der Waals surface area contributed by atoms with E-state index >= 15 is 0 Å². The number of hydrogen-bond acceptors (Lipinski definition) is 5. The number of thiol groups is 1. The molecule has 2 amide bonds. The van der Waals surface area contributed by atoms with Crippen LogP contribution in [0.2, 0.25) is 0 Å². The van der Waals surface area contributed by atoms with E-state index in [1.54, 1.807) is 0 Å². The average molecular weight is 354 g/mol. The van der Waals surface area contributed by atoms with Crippen molar-refractivity contribution in [2.45, 2.75) is 24.3 Å². The third-order valence-electron chi connectivity index (χ3n) is 3.42. The highest BCUT2D eigenvalue weighted by Gasteiger charge is 2.32. The molecule has 0 aliphatic rings. The summed E-state index contributed by atoms with van der Waals surface area (Å²) < 4.78 is 5.19. The number of carboxylic acids is 1. The van der Waals surface area contributed by atoms with Crippen LogP contribution in [-0.4, -0.2) is 65.3 Å². The first-order valence-corrected chi connectivity index (χ1v) is 7.81. The van der Waals surface area contributed by atoms with Crippen molar-refractivity contribution < 1.29 is 24.2 Å². The van der Waals surface area contributed by atoms with E-state index in [0.29, 0.717) is 0 Å². The summed E-state index contributed by atoms with van der Waals surface area (Å²) >= 11 is 3.95. The number of rotatable bonds is 7. The molecule has 1 aromatic rings. The Morgan fingerprint density at radius 2 is 1.75 bits per heavy atom. The Morgan fingerprint density at radius 1 is 1.17 bits per heavy atom. The molecule has 1 rings (SSSR count). The summed E-state index contributed by atoms with van der Waals surface area (Å²) in [6.45, 7) is 0.0656. The van der Waals surface area contributed by atoms with Crippen LogP contribution in [0.1, 0.15) is 12.0 Å². The van der Waals surface area contributed by atoms with Crippen molar-refractivity contribution in [2.75, 3.05) is 21.1 Å². The summed E-state index contributed by atoms with van der Waals surface area (Å²) in [5, 5.41) is 7.92. The van der Waals surface area contributed by atoms with Crippen LogP contribution in [0.3, 0.4) is 0 Å². The maximum absolute atomic E-state index is 12.3. The van der Waals surface area contributed by atoms with Gasteiger partial charge in [-0.25, -0.2) is 4.79 Å². The summed E-state index contributed by atoms with van der Waals surface area (Å²) in [7, 11) is 4.47. The van der Waals surface area contributed by atoms with Gasteiger partial charge in [-0.2, -0.15) is 12.6 Å². The highest BCUT2D eigenvalue weighted by molar-refractivity contribution is 7.81. The van der Waals surface area contributed by atoms with E-state index in [9.17, 15) is 14.4 Å². The van der Waals surface area contributed by atoms with Gasteiger partial charge in [-0.15, -0.1) is 0 Å². The SMILES string of the molecule is CN(C)C(=O)C(CC(S)C(=O)O)N(C)C(=O)OCc1ccccc1. The molecule has 0 aliphatic heterocycles. The van der Waals surface area contributed by atoms with Gasteiger partial charge in [0, 0.05) is 21.1 Å². The monoisotopic (exact) mass is 354 g/mol. The van der Waals surface area contributed by atoms with Crippen molar-refractivity contribution in [3.05, 3.63) is 35.9 Å². The largest absolute Gasteiger partial charge is 0.480 e. The zero-order valence-corrected chi connectivity index (χ0v) is 14.8. The van der Waals surface area contributed by atoms with Gasteiger partial charge in [0.1, 0.15) is 17.9 Å². The molecule has 0 bridgehead atoms. The number of nitrogens with zero attached hydrogens (tertiary/aromatic N) is 2. The molecule has 0 heterocycles. The Hall–Kier alpha value is -2.22. The van der Waals surface area contributed by atoms with Crippen LogP contribution in [0.5, 0.6) is 0 Å². The fraction of sp³-hybridized carbons (Fsp3) is 0.438. The molecule has 24 heavy (non-hydrogen) atoms. The van der Waals surface area contributed by atoms with Gasteiger partial charge in [0.2, 0.25) is 5.91 Å². The lowest BCUT2D eigenvalue weighted by Gasteiger charge is -2.29. The molecule has 0 radical (unpaired) electrons. The van der Waals surface area contributed by atoms with Gasteiger partial charge in [0.05, 0.1) is 0 Å². The number of benzene rings is 1. The van der Waals surface area contributed by atoms with Crippen LogP contribution in [-0.2, 0) is 20.9 Å². The van der Waals surface area contributed by atoms with Crippen molar-refractivity contribution in [3.63, 3.8) is 0 Å². The zero-order valence-electron chi connectivity index (χ0n) is 13.9. The number of carbonyl (C=O) groups excluding carboxylic acids is 2. The van der Waals surface area contributed by atoms with Crippen LogP contribution < -0.4 is 0 Å². The molecule has 0 saturated heterocycles. The molecule has 0 saturated carbocycles. The Labute approximate surface area is 146 Å². The second-order valence-electron chi connectivity index (χ2n) is 5.49. The number of likely N-dealkylation sites (N-methyl/N-ethyl adjacent to an activating group) is 2. The van der Waals surface area contributed by atoms with Crippen LogP contribution in [0.15, 0.2) is 30.3 Å². The van der Waals surface area contributed by atoms with Gasteiger partial charge >= 0.3 is 12.1 Å². The van der Waals surface area contributed by atoms with Crippen molar-refractivity contribution in [3.8, 4) is 0 Å². The molecule has 0 spiro atoms. The third kappa shape index (κ3) is 5.77. The Kier molecular flexibility index (Phi) is 7.57. The highest BCUT2D eigenvalue weighted by Crippen LogP contribution is 2.14. The lowest BCUT2D eigenvalue weighted by molar-refractivity contribution is -0.137. The van der Waals surface area contributed by atoms with Gasteiger partial charge in [0.25, 0.3) is 0 Å². The normalized spacial score (nSPS) is 12.8. The molecule has 1 N–H and O–H groups in total. The number of aliphatic carboxylic acids is 1. The van der Waals surface area contributed by atoms with Crippen LogP contribution in [0.25, 0.3) is 0 Å². The molecule has 0 aromatic heterocycles. The smallest absolute Gasteiger partial charge is 0.410 e. The van der Waals surface area contributed by atoms with E-state index in [-0.39, 0.29) is 13.0 Å². The minimum atomic E-state index is -1.15.